The van der Waals surface area contributed by atoms with E-state index in [9.17, 15) is 5.11 Å². The number of nitrogens with one attached hydrogen (secondary N) is 1. The molecule has 0 aromatic heterocycles. The van der Waals surface area contributed by atoms with Crippen molar-refractivity contribution in [1.82, 2.24) is 0 Å². The number of hydrogen-bond acceptors (Lipinski definition) is 4. The van der Waals surface area contributed by atoms with E-state index in [-0.39, 0.29) is 0 Å². The average Bonchev–Trinajstić information content (AvgIpc) is 2.68. The molecule has 140 valence electrons. The highest BCUT2D eigenvalue weighted by molar-refractivity contribution is 5.49. The second kappa shape index (κ2) is 8.92. The summed E-state index contributed by atoms with van der Waals surface area (Å²) in [4.78, 5) is 3.81. The maximum Gasteiger partial charge on any atom is 0.137 e. The Morgan fingerprint density at radius 3 is 2.42 bits per heavy atom. The number of rotatable bonds is 7. The second-order valence-corrected chi connectivity index (χ2v) is 6.87. The van der Waals surface area contributed by atoms with Crippen LogP contribution in [-0.4, -0.2) is 57.7 Å². The third-order valence-corrected chi connectivity index (χ3v) is 4.96. The first-order valence-electron chi connectivity index (χ1n) is 9.25. The van der Waals surface area contributed by atoms with Crippen LogP contribution in [0.1, 0.15) is 5.56 Å². The van der Waals surface area contributed by atoms with Crippen LogP contribution < -0.4 is 19.3 Å². The fourth-order valence-corrected chi connectivity index (χ4v) is 3.37. The summed E-state index contributed by atoms with van der Waals surface area (Å²) >= 11 is 0. The lowest BCUT2D eigenvalue weighted by molar-refractivity contribution is -0.903. The highest BCUT2D eigenvalue weighted by Gasteiger charge is 2.23. The van der Waals surface area contributed by atoms with Crippen molar-refractivity contribution in [3.8, 4) is 11.5 Å². The van der Waals surface area contributed by atoms with E-state index in [0.29, 0.717) is 6.61 Å². The normalized spacial score (nSPS) is 16.3. The summed E-state index contributed by atoms with van der Waals surface area (Å²) in [7, 11) is 1.69. The molecule has 3 rings (SSSR count). The van der Waals surface area contributed by atoms with Gasteiger partial charge in [-0.05, 0) is 42.8 Å². The third-order valence-electron chi connectivity index (χ3n) is 4.96. The van der Waals surface area contributed by atoms with Gasteiger partial charge in [0.05, 0.1) is 33.3 Å². The molecule has 1 atom stereocenters. The van der Waals surface area contributed by atoms with Crippen LogP contribution in [0.15, 0.2) is 48.5 Å². The lowest BCUT2D eigenvalue weighted by Crippen LogP contribution is -3.16. The summed E-state index contributed by atoms with van der Waals surface area (Å²) < 4.78 is 11.0. The van der Waals surface area contributed by atoms with Crippen molar-refractivity contribution in [2.45, 2.75) is 13.0 Å². The van der Waals surface area contributed by atoms with Gasteiger partial charge >= 0.3 is 0 Å². The van der Waals surface area contributed by atoms with Crippen molar-refractivity contribution in [2.24, 2.45) is 0 Å². The number of benzene rings is 2. The smallest absolute Gasteiger partial charge is 0.137 e. The molecule has 0 unspecified atom stereocenters. The number of quaternary nitrogens is 1. The molecule has 1 aliphatic heterocycles. The Morgan fingerprint density at radius 1 is 1.08 bits per heavy atom. The number of piperazine rings is 1. The van der Waals surface area contributed by atoms with Crippen molar-refractivity contribution in [3.63, 3.8) is 0 Å². The predicted molar refractivity (Wildman–Crippen MR) is 103 cm³/mol. The lowest BCUT2D eigenvalue weighted by Gasteiger charge is -2.34. The van der Waals surface area contributed by atoms with Crippen molar-refractivity contribution < 1.29 is 19.5 Å². The van der Waals surface area contributed by atoms with Crippen LogP contribution in [0.2, 0.25) is 0 Å². The molecule has 0 aliphatic carbocycles. The van der Waals surface area contributed by atoms with E-state index in [1.165, 1.54) is 10.6 Å². The van der Waals surface area contributed by atoms with Crippen molar-refractivity contribution in [2.75, 3.05) is 51.3 Å². The van der Waals surface area contributed by atoms with Crippen LogP contribution in [0.4, 0.5) is 5.69 Å². The molecule has 0 bridgehead atoms. The number of para-hydroxylation sites is 1. The van der Waals surface area contributed by atoms with E-state index in [1.807, 2.05) is 43.3 Å². The monoisotopic (exact) mass is 357 g/mol. The fraction of sp³-hybridized carbons (Fsp3) is 0.429. The minimum Gasteiger partial charge on any atom is -0.497 e. The Kier molecular flexibility index (Phi) is 6.36. The largest absolute Gasteiger partial charge is 0.497 e. The van der Waals surface area contributed by atoms with Gasteiger partial charge in [-0.2, -0.15) is 0 Å². The zero-order chi connectivity index (χ0) is 18.4. The molecule has 2 N–H and O–H groups in total. The van der Waals surface area contributed by atoms with Gasteiger partial charge in [0.25, 0.3) is 0 Å². The minimum atomic E-state index is -0.447. The Balaban J connectivity index is 1.42. The molecule has 1 fully saturated rings. The Bertz CT molecular complexity index is 682. The number of hydrogen-bond donors (Lipinski definition) is 2. The molecule has 1 saturated heterocycles. The Labute approximate surface area is 155 Å². The number of nitrogens with zero attached hydrogens (tertiary/aromatic N) is 1. The number of anilines is 1. The molecule has 5 heteroatoms. The van der Waals surface area contributed by atoms with Crippen LogP contribution >= 0.6 is 0 Å². The molecule has 0 spiro atoms. The number of methoxy groups -OCH3 is 1. The fourth-order valence-electron chi connectivity index (χ4n) is 3.37. The molecule has 26 heavy (non-hydrogen) atoms. The van der Waals surface area contributed by atoms with Crippen LogP contribution in [0.25, 0.3) is 0 Å². The summed E-state index contributed by atoms with van der Waals surface area (Å²) in [6.07, 6.45) is -0.447. The molecule has 1 heterocycles. The van der Waals surface area contributed by atoms with Crippen molar-refractivity contribution in [1.29, 1.82) is 0 Å². The van der Waals surface area contributed by atoms with E-state index in [1.54, 1.807) is 7.11 Å². The summed E-state index contributed by atoms with van der Waals surface area (Å²) in [5, 5.41) is 10.3. The third kappa shape index (κ3) is 4.90. The second-order valence-electron chi connectivity index (χ2n) is 6.87. The average molecular weight is 357 g/mol. The highest BCUT2D eigenvalue weighted by Crippen LogP contribution is 2.19. The van der Waals surface area contributed by atoms with E-state index >= 15 is 0 Å². The summed E-state index contributed by atoms with van der Waals surface area (Å²) in [5.41, 5.74) is 2.33. The minimum absolute atomic E-state index is 0.344. The SMILES string of the molecule is COc1ccc(N2CC[NH+](C[C@H](O)COc3ccccc3C)CC2)cc1. The van der Waals surface area contributed by atoms with Gasteiger partial charge in [-0.25, -0.2) is 0 Å². The van der Waals surface area contributed by atoms with Gasteiger partial charge in [-0.1, -0.05) is 18.2 Å². The van der Waals surface area contributed by atoms with Gasteiger partial charge in [0.2, 0.25) is 0 Å². The molecule has 0 radical (unpaired) electrons. The van der Waals surface area contributed by atoms with E-state index < -0.39 is 6.10 Å². The van der Waals surface area contributed by atoms with Gasteiger partial charge < -0.3 is 24.4 Å². The van der Waals surface area contributed by atoms with Gasteiger partial charge in [-0.15, -0.1) is 0 Å². The zero-order valence-electron chi connectivity index (χ0n) is 15.6. The molecular weight excluding hydrogens is 328 g/mol. The quantitative estimate of drug-likeness (QED) is 0.780. The molecule has 2 aromatic rings. The van der Waals surface area contributed by atoms with Crippen molar-refractivity contribution in [3.05, 3.63) is 54.1 Å². The molecule has 5 nitrogen and oxygen atoms in total. The first kappa shape index (κ1) is 18.5. The number of aliphatic hydroxyl groups is 1. The predicted octanol–water partition coefficient (Wildman–Crippen LogP) is 1.15. The first-order valence-corrected chi connectivity index (χ1v) is 9.25. The number of aryl methyl sites for hydroxylation is 1. The lowest BCUT2D eigenvalue weighted by atomic mass is 10.2. The molecule has 0 amide bonds. The van der Waals surface area contributed by atoms with Crippen LogP contribution in [0.3, 0.4) is 0 Å². The zero-order valence-corrected chi connectivity index (χ0v) is 15.6. The summed E-state index contributed by atoms with van der Waals surface area (Å²) in [5.74, 6) is 1.74. The maximum absolute atomic E-state index is 10.3. The highest BCUT2D eigenvalue weighted by atomic mass is 16.5. The summed E-state index contributed by atoms with van der Waals surface area (Å²) in [6.45, 7) is 7.12. The van der Waals surface area contributed by atoms with Gasteiger partial charge in [0.1, 0.15) is 30.8 Å². The van der Waals surface area contributed by atoms with E-state index in [4.69, 9.17) is 9.47 Å². The standard InChI is InChI=1S/C21H28N2O3/c1-17-5-3-4-6-21(17)26-16-19(24)15-22-11-13-23(14-12-22)18-7-9-20(25-2)10-8-18/h3-10,19,24H,11-16H2,1-2H3/p+1/t19-/m0/s1. The number of ether oxygens (including phenoxy) is 2. The van der Waals surface area contributed by atoms with Crippen LogP contribution in [-0.2, 0) is 0 Å². The van der Waals surface area contributed by atoms with E-state index in [2.05, 4.69) is 17.0 Å². The van der Waals surface area contributed by atoms with Gasteiger partial charge in [0, 0.05) is 5.69 Å². The van der Waals surface area contributed by atoms with Crippen LogP contribution in [0.5, 0.6) is 11.5 Å². The maximum atomic E-state index is 10.3. The molecular formula is C21H29N2O3+. The van der Waals surface area contributed by atoms with Gasteiger partial charge in [0.15, 0.2) is 0 Å². The molecule has 1 aliphatic rings. The Hall–Kier alpha value is -2.24. The first-order chi connectivity index (χ1) is 12.7. The van der Waals surface area contributed by atoms with Gasteiger partial charge in [-0.3, -0.25) is 0 Å². The molecule has 2 aromatic carbocycles. The number of aliphatic hydroxyl groups excluding tert-OH is 1. The van der Waals surface area contributed by atoms with E-state index in [0.717, 1.165) is 49.8 Å². The van der Waals surface area contributed by atoms with Crippen molar-refractivity contribution >= 4 is 5.69 Å². The summed E-state index contributed by atoms with van der Waals surface area (Å²) in [6, 6.07) is 16.1. The topological polar surface area (TPSA) is 46.4 Å². The Morgan fingerprint density at radius 2 is 1.77 bits per heavy atom. The van der Waals surface area contributed by atoms with Crippen LogP contribution in [0, 0.1) is 6.92 Å². The molecule has 0 saturated carbocycles.